The third-order valence-corrected chi connectivity index (χ3v) is 3.68. The van der Waals surface area contributed by atoms with Crippen LogP contribution in [0.2, 0.25) is 0 Å². The number of carbonyl (C=O) groups is 1. The van der Waals surface area contributed by atoms with E-state index in [1.54, 1.807) is 6.21 Å². The van der Waals surface area contributed by atoms with Crippen LogP contribution in [0.25, 0.3) is 0 Å². The van der Waals surface area contributed by atoms with Gasteiger partial charge in [-0.1, -0.05) is 11.2 Å². The highest BCUT2D eigenvalue weighted by Crippen LogP contribution is 2.35. The van der Waals surface area contributed by atoms with Crippen molar-refractivity contribution in [3.63, 3.8) is 0 Å². The van der Waals surface area contributed by atoms with Crippen LogP contribution in [-0.2, 0) is 9.57 Å². The van der Waals surface area contributed by atoms with E-state index >= 15 is 0 Å². The molecule has 2 atom stereocenters. The minimum atomic E-state index is -0.465. The topological polar surface area (TPSA) is 51.1 Å². The molecular formula is C15H24N2O3. The van der Waals surface area contributed by atoms with E-state index in [1.807, 2.05) is 25.7 Å². The van der Waals surface area contributed by atoms with Gasteiger partial charge >= 0.3 is 6.09 Å². The average Bonchev–Trinajstić information content (AvgIpc) is 2.64. The van der Waals surface area contributed by atoms with Crippen LogP contribution in [0, 0.1) is 0 Å². The van der Waals surface area contributed by atoms with Crippen molar-refractivity contribution >= 4 is 12.3 Å². The van der Waals surface area contributed by atoms with Crippen LogP contribution in [-0.4, -0.2) is 42.0 Å². The molecule has 0 aromatic rings. The van der Waals surface area contributed by atoms with E-state index in [0.29, 0.717) is 0 Å². The first-order chi connectivity index (χ1) is 9.42. The lowest BCUT2D eigenvalue weighted by atomic mass is 10.0. The number of amides is 1. The molecule has 2 bridgehead atoms. The van der Waals surface area contributed by atoms with Gasteiger partial charge in [0.2, 0.25) is 0 Å². The fourth-order valence-electron chi connectivity index (χ4n) is 2.92. The highest BCUT2D eigenvalue weighted by atomic mass is 16.6. The minimum Gasteiger partial charge on any atom is -0.444 e. The summed E-state index contributed by atoms with van der Waals surface area (Å²) in [4.78, 5) is 19.1. The Kier molecular flexibility index (Phi) is 4.35. The molecule has 2 rings (SSSR count). The Bertz CT molecular complexity index is 423. The SMILES string of the molecule is CO/N=C\C1=CCC[C@H]2CC[C@H]1N2C(=O)OC(C)(C)C. The van der Waals surface area contributed by atoms with E-state index in [2.05, 4.69) is 11.2 Å². The third kappa shape index (κ3) is 3.32. The maximum atomic E-state index is 12.4. The van der Waals surface area contributed by atoms with Crippen molar-refractivity contribution in [2.24, 2.45) is 5.16 Å². The lowest BCUT2D eigenvalue weighted by Crippen LogP contribution is -2.44. The van der Waals surface area contributed by atoms with Crippen molar-refractivity contribution in [2.75, 3.05) is 7.11 Å². The zero-order valence-electron chi connectivity index (χ0n) is 12.8. The molecule has 112 valence electrons. The molecule has 1 fully saturated rings. The number of hydrogen-bond donors (Lipinski definition) is 0. The van der Waals surface area contributed by atoms with Crippen molar-refractivity contribution in [3.8, 4) is 0 Å². The second kappa shape index (κ2) is 5.85. The van der Waals surface area contributed by atoms with Gasteiger partial charge in [-0.15, -0.1) is 0 Å². The normalized spacial score (nSPS) is 26.4. The average molecular weight is 280 g/mol. The number of hydrogen-bond acceptors (Lipinski definition) is 4. The molecular weight excluding hydrogens is 256 g/mol. The van der Waals surface area contributed by atoms with E-state index in [4.69, 9.17) is 9.57 Å². The Morgan fingerprint density at radius 3 is 2.80 bits per heavy atom. The summed E-state index contributed by atoms with van der Waals surface area (Å²) in [5, 5.41) is 3.85. The summed E-state index contributed by atoms with van der Waals surface area (Å²) in [6, 6.07) is 0.343. The first kappa shape index (κ1) is 14.9. The van der Waals surface area contributed by atoms with Gasteiger partial charge in [-0.25, -0.2) is 4.79 Å². The number of rotatable bonds is 2. The van der Waals surface area contributed by atoms with E-state index < -0.39 is 5.60 Å². The molecule has 0 aliphatic carbocycles. The van der Waals surface area contributed by atoms with E-state index in [9.17, 15) is 4.79 Å². The van der Waals surface area contributed by atoms with Crippen LogP contribution >= 0.6 is 0 Å². The Balaban J connectivity index is 2.18. The van der Waals surface area contributed by atoms with Crippen molar-refractivity contribution in [3.05, 3.63) is 11.6 Å². The van der Waals surface area contributed by atoms with Gasteiger partial charge in [0.15, 0.2) is 0 Å². The molecule has 0 aromatic heterocycles. The summed E-state index contributed by atoms with van der Waals surface area (Å²) in [6.45, 7) is 5.69. The van der Waals surface area contributed by atoms with Crippen LogP contribution in [0.3, 0.4) is 0 Å². The molecule has 0 saturated carbocycles. The maximum Gasteiger partial charge on any atom is 0.411 e. The molecule has 2 aliphatic rings. The number of ether oxygens (including phenoxy) is 1. The second-order valence-electron chi connectivity index (χ2n) is 6.33. The Morgan fingerprint density at radius 1 is 1.40 bits per heavy atom. The molecule has 1 amide bonds. The Hall–Kier alpha value is -1.52. The van der Waals surface area contributed by atoms with Crippen molar-refractivity contribution < 1.29 is 14.4 Å². The summed E-state index contributed by atoms with van der Waals surface area (Å²) in [5.74, 6) is 0. The smallest absolute Gasteiger partial charge is 0.411 e. The first-order valence-corrected chi connectivity index (χ1v) is 7.20. The Labute approximate surface area is 120 Å². The van der Waals surface area contributed by atoms with E-state index in [-0.39, 0.29) is 18.2 Å². The summed E-state index contributed by atoms with van der Waals surface area (Å²) in [6.07, 6.45) is 7.60. The van der Waals surface area contributed by atoms with Gasteiger partial charge < -0.3 is 9.57 Å². The van der Waals surface area contributed by atoms with Gasteiger partial charge in [-0.05, 0) is 52.0 Å². The zero-order valence-corrected chi connectivity index (χ0v) is 12.8. The molecule has 5 heteroatoms. The first-order valence-electron chi connectivity index (χ1n) is 7.20. The number of carbonyl (C=O) groups excluding carboxylic acids is 1. The van der Waals surface area contributed by atoms with Crippen LogP contribution in [0.1, 0.15) is 46.5 Å². The number of allylic oxidation sites excluding steroid dienone is 1. The predicted octanol–water partition coefficient (Wildman–Crippen LogP) is 3.11. The monoisotopic (exact) mass is 280 g/mol. The second-order valence-corrected chi connectivity index (χ2v) is 6.33. The molecule has 5 nitrogen and oxygen atoms in total. The Morgan fingerprint density at radius 2 is 2.15 bits per heavy atom. The van der Waals surface area contributed by atoms with Crippen molar-refractivity contribution in [2.45, 2.75) is 64.1 Å². The highest BCUT2D eigenvalue weighted by molar-refractivity contribution is 5.82. The lowest BCUT2D eigenvalue weighted by Gasteiger charge is -2.31. The molecule has 2 aliphatic heterocycles. The van der Waals surface area contributed by atoms with Crippen LogP contribution in [0.15, 0.2) is 16.8 Å². The largest absolute Gasteiger partial charge is 0.444 e. The molecule has 20 heavy (non-hydrogen) atoms. The van der Waals surface area contributed by atoms with Crippen LogP contribution in [0.4, 0.5) is 4.79 Å². The molecule has 0 unspecified atom stereocenters. The molecule has 0 radical (unpaired) electrons. The minimum absolute atomic E-state index is 0.0660. The zero-order chi connectivity index (χ0) is 14.8. The van der Waals surface area contributed by atoms with Crippen molar-refractivity contribution in [1.29, 1.82) is 0 Å². The predicted molar refractivity (Wildman–Crippen MR) is 77.7 cm³/mol. The molecule has 0 aromatic carbocycles. The number of nitrogens with zero attached hydrogens (tertiary/aromatic N) is 2. The van der Waals surface area contributed by atoms with Gasteiger partial charge in [0, 0.05) is 6.04 Å². The van der Waals surface area contributed by atoms with Crippen LogP contribution in [0.5, 0.6) is 0 Å². The number of fused-ring (bicyclic) bond motifs is 2. The van der Waals surface area contributed by atoms with E-state index in [1.165, 1.54) is 7.11 Å². The van der Waals surface area contributed by atoms with E-state index in [0.717, 1.165) is 31.3 Å². The quantitative estimate of drug-likeness (QED) is 0.577. The molecule has 2 heterocycles. The fraction of sp³-hybridized carbons (Fsp3) is 0.733. The molecule has 0 spiro atoms. The van der Waals surface area contributed by atoms with Gasteiger partial charge in [-0.2, -0.15) is 0 Å². The van der Waals surface area contributed by atoms with Gasteiger partial charge in [0.1, 0.15) is 12.7 Å². The van der Waals surface area contributed by atoms with Gasteiger partial charge in [0.25, 0.3) is 0 Å². The van der Waals surface area contributed by atoms with Gasteiger partial charge in [-0.3, -0.25) is 4.90 Å². The summed E-state index contributed by atoms with van der Waals surface area (Å²) >= 11 is 0. The highest BCUT2D eigenvalue weighted by Gasteiger charge is 2.41. The molecule has 0 N–H and O–H groups in total. The number of oxime groups is 1. The van der Waals surface area contributed by atoms with Gasteiger partial charge in [0.05, 0.1) is 12.3 Å². The molecule has 1 saturated heterocycles. The third-order valence-electron chi connectivity index (χ3n) is 3.68. The standard InChI is InChI=1S/C15H24N2O3/c1-15(2,3)20-14(18)17-12-7-5-6-11(10-16-19-4)13(17)9-8-12/h6,10,12-13H,5,7-9H2,1-4H3/b16-10-/t12-,13+/m0/s1. The van der Waals surface area contributed by atoms with Crippen molar-refractivity contribution in [1.82, 2.24) is 4.90 Å². The maximum absolute atomic E-state index is 12.4. The summed E-state index contributed by atoms with van der Waals surface area (Å²) < 4.78 is 5.55. The summed E-state index contributed by atoms with van der Waals surface area (Å²) in [7, 11) is 1.52. The van der Waals surface area contributed by atoms with Crippen LogP contribution < -0.4 is 0 Å². The lowest BCUT2D eigenvalue weighted by molar-refractivity contribution is 0.0176. The fourth-order valence-corrected chi connectivity index (χ4v) is 2.92. The summed E-state index contributed by atoms with van der Waals surface area (Å²) in [5.41, 5.74) is 0.588.